The van der Waals surface area contributed by atoms with Gasteiger partial charge in [-0.15, -0.1) is 0 Å². The summed E-state index contributed by atoms with van der Waals surface area (Å²) in [5.74, 6) is -0.793. The van der Waals surface area contributed by atoms with Gasteiger partial charge in [-0.25, -0.2) is 9.07 Å². The molecule has 1 N–H and O–H groups in total. The molecule has 0 saturated heterocycles. The number of rotatable bonds is 5. The number of hydrogen-bond acceptors (Lipinski definition) is 3. The van der Waals surface area contributed by atoms with Crippen molar-refractivity contribution < 1.29 is 9.18 Å². The van der Waals surface area contributed by atoms with E-state index >= 15 is 0 Å². The summed E-state index contributed by atoms with van der Waals surface area (Å²) in [6.07, 6.45) is 3.19. The molecule has 0 unspecified atom stereocenters. The molecule has 2 aromatic carbocycles. The van der Waals surface area contributed by atoms with Crippen molar-refractivity contribution in [1.29, 1.82) is 0 Å². The summed E-state index contributed by atoms with van der Waals surface area (Å²) in [6, 6.07) is 20.2. The molecule has 2 heterocycles. The van der Waals surface area contributed by atoms with Crippen molar-refractivity contribution in [2.45, 2.75) is 13.5 Å². The van der Waals surface area contributed by atoms with Gasteiger partial charge in [0.15, 0.2) is 0 Å². The van der Waals surface area contributed by atoms with E-state index in [1.165, 1.54) is 18.3 Å². The molecule has 4 rings (SSSR count). The van der Waals surface area contributed by atoms with Crippen LogP contribution in [-0.4, -0.2) is 20.7 Å². The lowest BCUT2D eigenvalue weighted by molar-refractivity contribution is 0.0950. The molecular weight excluding hydrogens is 367 g/mol. The number of benzene rings is 2. The smallest absolute Gasteiger partial charge is 0.255 e. The standard InChI is InChI=1S/C23H19FN4O/c1-16-9-11-18(12-10-16)28-15-19(22(27-28)17-6-3-2-4-7-17)23(29)26-14-21-20(24)8-5-13-25-21/h2-13,15H,14H2,1H3,(H,26,29). The molecule has 0 aliphatic carbocycles. The highest BCUT2D eigenvalue weighted by Crippen LogP contribution is 2.24. The Bertz CT molecular complexity index is 1140. The van der Waals surface area contributed by atoms with Crippen molar-refractivity contribution in [1.82, 2.24) is 20.1 Å². The van der Waals surface area contributed by atoms with Crippen molar-refractivity contribution in [3.8, 4) is 16.9 Å². The van der Waals surface area contributed by atoms with E-state index < -0.39 is 5.82 Å². The van der Waals surface area contributed by atoms with E-state index in [4.69, 9.17) is 0 Å². The summed E-state index contributed by atoms with van der Waals surface area (Å²) in [5.41, 5.74) is 3.97. The first kappa shape index (κ1) is 18.6. The number of amides is 1. The molecule has 0 bridgehead atoms. The Morgan fingerprint density at radius 3 is 2.52 bits per heavy atom. The maximum Gasteiger partial charge on any atom is 0.255 e. The second-order valence-electron chi connectivity index (χ2n) is 6.65. The Morgan fingerprint density at radius 1 is 1.03 bits per heavy atom. The summed E-state index contributed by atoms with van der Waals surface area (Å²) >= 11 is 0. The molecule has 144 valence electrons. The van der Waals surface area contributed by atoms with Gasteiger partial charge in [0.1, 0.15) is 11.5 Å². The van der Waals surface area contributed by atoms with Crippen LogP contribution in [0.3, 0.4) is 0 Å². The number of halogens is 1. The molecular formula is C23H19FN4O. The first-order valence-corrected chi connectivity index (χ1v) is 9.21. The molecule has 0 saturated carbocycles. The Hall–Kier alpha value is -3.80. The summed E-state index contributed by atoms with van der Waals surface area (Å²) in [5, 5.41) is 7.39. The minimum Gasteiger partial charge on any atom is -0.346 e. The zero-order valence-corrected chi connectivity index (χ0v) is 15.8. The van der Waals surface area contributed by atoms with Crippen molar-refractivity contribution in [3.05, 3.63) is 102 Å². The van der Waals surface area contributed by atoms with Crippen LogP contribution in [0.2, 0.25) is 0 Å². The summed E-state index contributed by atoms with van der Waals surface area (Å²) in [4.78, 5) is 16.9. The third-order valence-electron chi connectivity index (χ3n) is 4.56. The maximum absolute atomic E-state index is 13.8. The highest BCUT2D eigenvalue weighted by Gasteiger charge is 2.19. The SMILES string of the molecule is Cc1ccc(-n2cc(C(=O)NCc3ncccc3F)c(-c3ccccc3)n2)cc1. The molecule has 2 aromatic heterocycles. The third kappa shape index (κ3) is 4.06. The monoisotopic (exact) mass is 386 g/mol. The Kier molecular flexibility index (Phi) is 5.16. The highest BCUT2D eigenvalue weighted by molar-refractivity contribution is 5.99. The molecule has 6 heteroatoms. The Balaban J connectivity index is 1.68. The van der Waals surface area contributed by atoms with Crippen molar-refractivity contribution in [2.75, 3.05) is 0 Å². The van der Waals surface area contributed by atoms with Crippen LogP contribution in [0.5, 0.6) is 0 Å². The van der Waals surface area contributed by atoms with Crippen LogP contribution in [0.25, 0.3) is 16.9 Å². The van der Waals surface area contributed by atoms with Crippen LogP contribution in [-0.2, 0) is 6.54 Å². The largest absolute Gasteiger partial charge is 0.346 e. The van der Waals surface area contributed by atoms with Gasteiger partial charge in [0.2, 0.25) is 0 Å². The summed E-state index contributed by atoms with van der Waals surface area (Å²) in [6.45, 7) is 2.01. The number of hydrogen-bond donors (Lipinski definition) is 1. The van der Waals surface area contributed by atoms with Crippen LogP contribution in [0.15, 0.2) is 79.1 Å². The van der Waals surface area contributed by atoms with E-state index in [1.54, 1.807) is 10.9 Å². The number of carbonyl (C=O) groups is 1. The van der Waals surface area contributed by atoms with E-state index in [2.05, 4.69) is 15.4 Å². The number of nitrogens with zero attached hydrogens (tertiary/aromatic N) is 3. The average molecular weight is 386 g/mol. The quantitative estimate of drug-likeness (QED) is 0.556. The van der Waals surface area contributed by atoms with Crippen LogP contribution >= 0.6 is 0 Å². The molecule has 0 fully saturated rings. The van der Waals surface area contributed by atoms with Gasteiger partial charge in [0, 0.05) is 18.0 Å². The topological polar surface area (TPSA) is 59.8 Å². The molecule has 4 aromatic rings. The lowest BCUT2D eigenvalue weighted by Crippen LogP contribution is -2.24. The van der Waals surface area contributed by atoms with Crippen molar-refractivity contribution in [3.63, 3.8) is 0 Å². The predicted molar refractivity (Wildman–Crippen MR) is 109 cm³/mol. The molecule has 29 heavy (non-hydrogen) atoms. The van der Waals surface area contributed by atoms with Crippen molar-refractivity contribution in [2.24, 2.45) is 0 Å². The van der Waals surface area contributed by atoms with Gasteiger partial charge in [0.25, 0.3) is 5.91 Å². The van der Waals surface area contributed by atoms with Gasteiger partial charge < -0.3 is 5.32 Å². The van der Waals surface area contributed by atoms with E-state index in [0.29, 0.717) is 11.3 Å². The molecule has 5 nitrogen and oxygen atoms in total. The molecule has 0 aliphatic rings. The zero-order chi connectivity index (χ0) is 20.2. The van der Waals surface area contributed by atoms with Gasteiger partial charge in [-0.1, -0.05) is 48.0 Å². The summed E-state index contributed by atoms with van der Waals surface area (Å²) < 4.78 is 15.5. The lowest BCUT2D eigenvalue weighted by atomic mass is 10.1. The first-order chi connectivity index (χ1) is 14.1. The van der Waals surface area contributed by atoms with Gasteiger partial charge in [-0.05, 0) is 31.2 Å². The van der Waals surface area contributed by atoms with Crippen LogP contribution in [0.4, 0.5) is 4.39 Å². The van der Waals surface area contributed by atoms with Crippen LogP contribution in [0, 0.1) is 12.7 Å². The second-order valence-corrected chi connectivity index (χ2v) is 6.65. The van der Waals surface area contributed by atoms with E-state index in [-0.39, 0.29) is 18.1 Å². The highest BCUT2D eigenvalue weighted by atomic mass is 19.1. The molecule has 0 atom stereocenters. The fourth-order valence-corrected chi connectivity index (χ4v) is 2.99. The number of pyridine rings is 1. The Labute approximate surface area is 167 Å². The fraction of sp³-hybridized carbons (Fsp3) is 0.0870. The fourth-order valence-electron chi connectivity index (χ4n) is 2.99. The maximum atomic E-state index is 13.8. The molecule has 0 aliphatic heterocycles. The van der Waals surface area contributed by atoms with Gasteiger partial charge in [-0.3, -0.25) is 9.78 Å². The van der Waals surface area contributed by atoms with Gasteiger partial charge in [0.05, 0.1) is 23.5 Å². The van der Waals surface area contributed by atoms with Crippen molar-refractivity contribution >= 4 is 5.91 Å². The minimum absolute atomic E-state index is 0.00452. The zero-order valence-electron chi connectivity index (χ0n) is 15.8. The lowest BCUT2D eigenvalue weighted by Gasteiger charge is -2.06. The van der Waals surface area contributed by atoms with E-state index in [1.807, 2.05) is 61.5 Å². The van der Waals surface area contributed by atoms with Crippen LogP contribution in [0.1, 0.15) is 21.6 Å². The molecule has 0 spiro atoms. The van der Waals surface area contributed by atoms with E-state index in [9.17, 15) is 9.18 Å². The first-order valence-electron chi connectivity index (χ1n) is 9.21. The Morgan fingerprint density at radius 2 is 1.79 bits per heavy atom. The molecule has 1 amide bonds. The predicted octanol–water partition coefficient (Wildman–Crippen LogP) is 4.31. The second kappa shape index (κ2) is 8.06. The molecule has 0 radical (unpaired) electrons. The number of nitrogens with one attached hydrogen (secondary N) is 1. The van der Waals surface area contributed by atoms with Gasteiger partial charge in [-0.2, -0.15) is 5.10 Å². The normalized spacial score (nSPS) is 10.7. The van der Waals surface area contributed by atoms with E-state index in [0.717, 1.165) is 16.8 Å². The number of carbonyl (C=O) groups excluding carboxylic acids is 1. The number of aromatic nitrogens is 3. The van der Waals surface area contributed by atoms with Crippen LogP contribution < -0.4 is 5.32 Å². The third-order valence-corrected chi connectivity index (χ3v) is 4.56. The minimum atomic E-state index is -0.452. The summed E-state index contributed by atoms with van der Waals surface area (Å²) in [7, 11) is 0. The average Bonchev–Trinajstić information content (AvgIpc) is 3.20. The van der Waals surface area contributed by atoms with Gasteiger partial charge >= 0.3 is 0 Å². The number of aryl methyl sites for hydroxylation is 1.